The van der Waals surface area contributed by atoms with Gasteiger partial charge < -0.3 is 0 Å². The van der Waals surface area contributed by atoms with Crippen LogP contribution in [0.1, 0.15) is 11.1 Å². The van der Waals surface area contributed by atoms with E-state index < -0.39 is 0 Å². The molecule has 0 bridgehead atoms. The van der Waals surface area contributed by atoms with Crippen LogP contribution in [0.2, 0.25) is 5.02 Å². The molecule has 0 radical (unpaired) electrons. The lowest BCUT2D eigenvalue weighted by molar-refractivity contribution is 0.319. The van der Waals surface area contributed by atoms with E-state index in [1.165, 1.54) is 11.1 Å². The molecule has 0 atom stereocenters. The van der Waals surface area contributed by atoms with Gasteiger partial charge in [0, 0.05) is 22.6 Å². The van der Waals surface area contributed by atoms with Gasteiger partial charge in [0.15, 0.2) is 0 Å². The van der Waals surface area contributed by atoms with Crippen molar-refractivity contribution in [3.8, 4) is 0 Å². The van der Waals surface area contributed by atoms with Gasteiger partial charge in [-0.2, -0.15) is 0 Å². The average Bonchev–Trinajstić information content (AvgIpc) is 2.32. The highest BCUT2D eigenvalue weighted by Gasteiger charge is 2.02. The van der Waals surface area contributed by atoms with Crippen molar-refractivity contribution in [1.29, 1.82) is 0 Å². The van der Waals surface area contributed by atoms with Gasteiger partial charge in [-0.25, -0.2) is 0 Å². The monoisotopic (exact) mass is 323 g/mol. The number of hydrogen-bond donors (Lipinski definition) is 0. The summed E-state index contributed by atoms with van der Waals surface area (Å²) in [4.78, 5) is 2.28. The van der Waals surface area contributed by atoms with Crippen LogP contribution in [0.3, 0.4) is 0 Å². The summed E-state index contributed by atoms with van der Waals surface area (Å²) in [6.45, 7) is 1.85. The third-order valence-corrected chi connectivity index (χ3v) is 3.45. The smallest absolute Gasteiger partial charge is 0.0406 e. The Morgan fingerprint density at radius 2 is 1.67 bits per heavy atom. The lowest BCUT2D eigenvalue weighted by atomic mass is 10.2. The van der Waals surface area contributed by atoms with Crippen molar-refractivity contribution in [2.24, 2.45) is 0 Å². The molecule has 18 heavy (non-hydrogen) atoms. The summed E-state index contributed by atoms with van der Waals surface area (Å²) in [7, 11) is 2.12. The molecule has 2 aromatic carbocycles. The second-order valence-corrected chi connectivity index (χ2v) is 5.78. The largest absolute Gasteiger partial charge is 0.298 e. The topological polar surface area (TPSA) is 3.24 Å². The molecule has 0 unspecified atom stereocenters. The molecule has 0 spiro atoms. The number of halogens is 2. The first-order valence-electron chi connectivity index (χ1n) is 5.81. The summed E-state index contributed by atoms with van der Waals surface area (Å²) in [5, 5.41) is 0.786. The van der Waals surface area contributed by atoms with E-state index in [2.05, 4.69) is 58.2 Å². The van der Waals surface area contributed by atoms with Crippen molar-refractivity contribution in [3.63, 3.8) is 0 Å². The zero-order valence-electron chi connectivity index (χ0n) is 10.2. The Morgan fingerprint density at radius 1 is 1.00 bits per heavy atom. The van der Waals surface area contributed by atoms with Gasteiger partial charge in [-0.15, -0.1) is 0 Å². The van der Waals surface area contributed by atoms with Gasteiger partial charge >= 0.3 is 0 Å². The van der Waals surface area contributed by atoms with Crippen molar-refractivity contribution in [2.45, 2.75) is 13.1 Å². The number of nitrogens with zero attached hydrogens (tertiary/aromatic N) is 1. The highest BCUT2D eigenvalue weighted by molar-refractivity contribution is 9.10. The van der Waals surface area contributed by atoms with Crippen molar-refractivity contribution in [3.05, 3.63) is 69.2 Å². The van der Waals surface area contributed by atoms with Crippen LogP contribution in [0.15, 0.2) is 53.0 Å². The van der Waals surface area contributed by atoms with E-state index in [1.54, 1.807) is 0 Å². The first-order chi connectivity index (χ1) is 8.63. The lowest BCUT2D eigenvalue weighted by Gasteiger charge is -2.17. The molecule has 3 heteroatoms. The summed E-state index contributed by atoms with van der Waals surface area (Å²) < 4.78 is 1.12. The molecular formula is C15H15BrClN. The van der Waals surface area contributed by atoms with Crippen molar-refractivity contribution in [1.82, 2.24) is 4.90 Å². The van der Waals surface area contributed by atoms with Crippen LogP contribution < -0.4 is 0 Å². The molecule has 0 heterocycles. The van der Waals surface area contributed by atoms with E-state index in [0.717, 1.165) is 22.6 Å². The normalized spacial score (nSPS) is 10.9. The Hall–Kier alpha value is -0.830. The molecule has 0 saturated carbocycles. The van der Waals surface area contributed by atoms with Crippen LogP contribution in [0.4, 0.5) is 0 Å². The fraction of sp³-hybridized carbons (Fsp3) is 0.200. The second-order valence-electron chi connectivity index (χ2n) is 4.43. The van der Waals surface area contributed by atoms with Gasteiger partial charge in [-0.05, 0) is 42.4 Å². The predicted octanol–water partition coefficient (Wildman–Crippen LogP) is 4.73. The number of rotatable bonds is 4. The summed E-state index contributed by atoms with van der Waals surface area (Å²) in [6, 6.07) is 16.4. The minimum Gasteiger partial charge on any atom is -0.298 e. The maximum absolute atomic E-state index is 5.88. The molecule has 0 aliphatic heterocycles. The molecule has 0 aliphatic carbocycles. The van der Waals surface area contributed by atoms with Crippen LogP contribution in [0.25, 0.3) is 0 Å². The fourth-order valence-corrected chi connectivity index (χ4v) is 2.48. The molecule has 2 rings (SSSR count). The van der Waals surface area contributed by atoms with Gasteiger partial charge in [-0.1, -0.05) is 51.8 Å². The third kappa shape index (κ3) is 4.13. The highest BCUT2D eigenvalue weighted by atomic mass is 79.9. The van der Waals surface area contributed by atoms with E-state index in [1.807, 2.05) is 18.2 Å². The molecular weight excluding hydrogens is 310 g/mol. The minimum absolute atomic E-state index is 0.786. The molecule has 0 N–H and O–H groups in total. The molecule has 0 saturated heterocycles. The molecule has 94 valence electrons. The predicted molar refractivity (Wildman–Crippen MR) is 80.8 cm³/mol. The van der Waals surface area contributed by atoms with E-state index >= 15 is 0 Å². The van der Waals surface area contributed by atoms with Crippen molar-refractivity contribution < 1.29 is 0 Å². The van der Waals surface area contributed by atoms with Crippen LogP contribution in [-0.4, -0.2) is 11.9 Å². The first-order valence-corrected chi connectivity index (χ1v) is 6.98. The Balaban J connectivity index is 1.96. The third-order valence-electron chi connectivity index (χ3n) is 2.71. The summed E-state index contributed by atoms with van der Waals surface area (Å²) in [5.41, 5.74) is 2.58. The van der Waals surface area contributed by atoms with Gasteiger partial charge in [0.05, 0.1) is 0 Å². The summed E-state index contributed by atoms with van der Waals surface area (Å²) in [5.74, 6) is 0. The van der Waals surface area contributed by atoms with Crippen LogP contribution in [0.5, 0.6) is 0 Å². The number of benzene rings is 2. The molecule has 0 amide bonds. The standard InChI is InChI=1S/C15H15BrClN/c1-18(10-12-5-7-15(17)8-6-12)11-13-3-2-4-14(16)9-13/h2-9H,10-11H2,1H3. The van der Waals surface area contributed by atoms with Gasteiger partial charge in [0.25, 0.3) is 0 Å². The van der Waals surface area contributed by atoms with Crippen LogP contribution in [0, 0.1) is 0 Å². The molecule has 1 nitrogen and oxygen atoms in total. The fourth-order valence-electron chi connectivity index (χ4n) is 1.90. The Kier molecular flexibility index (Phi) is 4.81. The number of hydrogen-bond acceptors (Lipinski definition) is 1. The van der Waals surface area contributed by atoms with Crippen LogP contribution >= 0.6 is 27.5 Å². The SMILES string of the molecule is CN(Cc1ccc(Cl)cc1)Cc1cccc(Br)c1. The maximum Gasteiger partial charge on any atom is 0.0406 e. The van der Waals surface area contributed by atoms with Gasteiger partial charge in [0.2, 0.25) is 0 Å². The average molecular weight is 325 g/mol. The minimum atomic E-state index is 0.786. The lowest BCUT2D eigenvalue weighted by Crippen LogP contribution is -2.17. The molecule has 0 aromatic heterocycles. The summed E-state index contributed by atoms with van der Waals surface area (Å²) >= 11 is 9.37. The Bertz CT molecular complexity index is 510. The van der Waals surface area contributed by atoms with E-state index in [9.17, 15) is 0 Å². The van der Waals surface area contributed by atoms with E-state index in [0.29, 0.717) is 0 Å². The zero-order chi connectivity index (χ0) is 13.0. The first kappa shape index (κ1) is 13.6. The second kappa shape index (κ2) is 6.37. The van der Waals surface area contributed by atoms with Crippen LogP contribution in [-0.2, 0) is 13.1 Å². The summed E-state index contributed by atoms with van der Waals surface area (Å²) in [6.07, 6.45) is 0. The maximum atomic E-state index is 5.88. The highest BCUT2D eigenvalue weighted by Crippen LogP contribution is 2.15. The van der Waals surface area contributed by atoms with Gasteiger partial charge in [-0.3, -0.25) is 4.90 Å². The van der Waals surface area contributed by atoms with E-state index in [-0.39, 0.29) is 0 Å². The van der Waals surface area contributed by atoms with E-state index in [4.69, 9.17) is 11.6 Å². The quantitative estimate of drug-likeness (QED) is 0.785. The molecule has 2 aromatic rings. The molecule has 0 fully saturated rings. The Morgan fingerprint density at radius 3 is 2.33 bits per heavy atom. The zero-order valence-corrected chi connectivity index (χ0v) is 12.6. The molecule has 0 aliphatic rings. The van der Waals surface area contributed by atoms with Crippen molar-refractivity contribution >= 4 is 27.5 Å². The Labute approximate surface area is 122 Å². The van der Waals surface area contributed by atoms with Gasteiger partial charge in [0.1, 0.15) is 0 Å². The van der Waals surface area contributed by atoms with Crippen molar-refractivity contribution in [2.75, 3.05) is 7.05 Å².